The average molecular weight is 373 g/mol. The van der Waals surface area contributed by atoms with Gasteiger partial charge in [0.15, 0.2) is 9.04 Å². The number of aliphatic hydroxyl groups excluding tert-OH is 1. The van der Waals surface area contributed by atoms with Gasteiger partial charge in [0, 0.05) is 17.0 Å². The molecular weight excluding hydrogens is 344 g/mol. The Morgan fingerprint density at radius 2 is 1.76 bits per heavy atom. The summed E-state index contributed by atoms with van der Waals surface area (Å²) in [6, 6.07) is 8.43. The van der Waals surface area contributed by atoms with E-state index in [-0.39, 0.29) is 24.0 Å². The number of hydrogen-bond donors (Lipinski definition) is 1. The Bertz CT molecular complexity index is 412. The van der Waals surface area contributed by atoms with Gasteiger partial charge < -0.3 is 9.53 Å². The molecule has 0 radical (unpaired) electrons. The molecule has 0 saturated heterocycles. The summed E-state index contributed by atoms with van der Waals surface area (Å²) in [6.45, 7) is 11.2. The van der Waals surface area contributed by atoms with Gasteiger partial charge in [-0.1, -0.05) is 48.8 Å². The normalized spacial score (nSPS) is 15.2. The molecule has 1 aromatic carbocycles. The molecule has 0 heterocycles. The first-order valence-electron chi connectivity index (χ1n) is 7.74. The highest BCUT2D eigenvalue weighted by molar-refractivity contribution is 9.10. The Kier molecular flexibility index (Phi) is 7.61. The van der Waals surface area contributed by atoms with E-state index in [1.807, 2.05) is 0 Å². The Labute approximate surface area is 139 Å². The Balaban J connectivity index is 2.72. The molecule has 1 aromatic rings. The fourth-order valence-electron chi connectivity index (χ4n) is 2.66. The summed E-state index contributed by atoms with van der Waals surface area (Å²) in [5.41, 5.74) is 1.37. The van der Waals surface area contributed by atoms with Gasteiger partial charge in [-0.15, -0.1) is 0 Å². The first-order chi connectivity index (χ1) is 9.74. The third-order valence-corrected chi connectivity index (χ3v) is 5.02. The first-order valence-corrected chi connectivity index (χ1v) is 11.3. The highest BCUT2D eigenvalue weighted by atomic mass is 79.9. The molecule has 2 nitrogen and oxygen atoms in total. The summed E-state index contributed by atoms with van der Waals surface area (Å²) < 4.78 is 7.35. The van der Waals surface area contributed by atoms with Crippen LogP contribution in [0.3, 0.4) is 0 Å². The third kappa shape index (κ3) is 6.64. The maximum absolute atomic E-state index is 9.82. The minimum Gasteiger partial charge on any atom is -0.417 e. The van der Waals surface area contributed by atoms with E-state index in [2.05, 4.69) is 74.1 Å². The van der Waals surface area contributed by atoms with Crippen LogP contribution in [0.5, 0.6) is 0 Å². The van der Waals surface area contributed by atoms with Gasteiger partial charge in [0.2, 0.25) is 0 Å². The van der Waals surface area contributed by atoms with Gasteiger partial charge in [0.25, 0.3) is 0 Å². The summed E-state index contributed by atoms with van der Waals surface area (Å²) in [4.78, 5) is 0. The molecule has 4 heteroatoms. The Morgan fingerprint density at radius 1 is 1.19 bits per heavy atom. The molecule has 0 amide bonds. The second kappa shape index (κ2) is 8.46. The number of halogens is 1. The molecule has 0 aromatic heterocycles. The van der Waals surface area contributed by atoms with Gasteiger partial charge in [0.1, 0.15) is 0 Å². The van der Waals surface area contributed by atoms with Crippen LogP contribution in [0.4, 0.5) is 0 Å². The van der Waals surface area contributed by atoms with Crippen molar-refractivity contribution in [1.29, 1.82) is 0 Å². The SMILES string of the molecule is C[SiH](C)OC([C@H](CO)CCc1ccc(Br)cc1)C(C)(C)C. The summed E-state index contributed by atoms with van der Waals surface area (Å²) in [6.07, 6.45) is 2.07. The van der Waals surface area contributed by atoms with Crippen molar-refractivity contribution in [3.05, 3.63) is 34.3 Å². The fourth-order valence-corrected chi connectivity index (χ4v) is 4.14. The largest absolute Gasteiger partial charge is 0.417 e. The van der Waals surface area contributed by atoms with Gasteiger partial charge in [-0.3, -0.25) is 0 Å². The van der Waals surface area contributed by atoms with Crippen LogP contribution in [-0.4, -0.2) is 26.9 Å². The van der Waals surface area contributed by atoms with E-state index in [4.69, 9.17) is 4.43 Å². The minimum atomic E-state index is -1.12. The molecule has 0 aliphatic carbocycles. The molecule has 120 valence electrons. The molecule has 1 N–H and O–H groups in total. The lowest BCUT2D eigenvalue weighted by atomic mass is 9.79. The maximum Gasteiger partial charge on any atom is 0.171 e. The van der Waals surface area contributed by atoms with E-state index in [9.17, 15) is 5.11 Å². The zero-order chi connectivity index (χ0) is 16.0. The molecule has 0 aliphatic rings. The molecule has 0 fully saturated rings. The Hall–Kier alpha value is -0.163. The topological polar surface area (TPSA) is 29.5 Å². The lowest BCUT2D eigenvalue weighted by Gasteiger charge is -2.38. The van der Waals surface area contributed by atoms with Crippen molar-refractivity contribution >= 4 is 25.0 Å². The van der Waals surface area contributed by atoms with Crippen LogP contribution in [0.2, 0.25) is 13.1 Å². The van der Waals surface area contributed by atoms with Crippen molar-refractivity contribution in [2.75, 3.05) is 6.61 Å². The number of hydrogen-bond acceptors (Lipinski definition) is 2. The van der Waals surface area contributed by atoms with E-state index >= 15 is 0 Å². The zero-order valence-electron chi connectivity index (χ0n) is 13.9. The highest BCUT2D eigenvalue weighted by Gasteiger charge is 2.33. The van der Waals surface area contributed by atoms with Crippen LogP contribution in [0, 0.1) is 11.3 Å². The van der Waals surface area contributed by atoms with E-state index in [1.54, 1.807) is 0 Å². The molecule has 0 saturated carbocycles. The number of aliphatic hydroxyl groups is 1. The summed E-state index contributed by atoms with van der Waals surface area (Å²) in [5.74, 6) is 0.198. The molecule has 21 heavy (non-hydrogen) atoms. The van der Waals surface area contributed by atoms with E-state index in [0.717, 1.165) is 17.3 Å². The van der Waals surface area contributed by atoms with Gasteiger partial charge in [0.05, 0.1) is 6.10 Å². The first kappa shape index (κ1) is 18.9. The lowest BCUT2D eigenvalue weighted by molar-refractivity contribution is 0.00499. The lowest BCUT2D eigenvalue weighted by Crippen LogP contribution is -2.41. The molecular formula is C17H29BrO2Si. The van der Waals surface area contributed by atoms with Crippen molar-refractivity contribution < 1.29 is 9.53 Å². The molecule has 0 aliphatic heterocycles. The number of aryl methyl sites for hydroxylation is 1. The summed E-state index contributed by atoms with van der Waals surface area (Å²) in [7, 11) is -1.12. The van der Waals surface area contributed by atoms with Gasteiger partial charge >= 0.3 is 0 Å². The Morgan fingerprint density at radius 3 is 2.19 bits per heavy atom. The standard InChI is InChI=1S/C17H29BrO2Si/c1-17(2,3)16(20-21(4)5)14(12-19)9-6-13-7-10-15(18)11-8-13/h7-8,10-11,14,16,19,21H,6,9,12H2,1-5H3/t14-,16?/m0/s1. The highest BCUT2D eigenvalue weighted by Crippen LogP contribution is 2.31. The van der Waals surface area contributed by atoms with Crippen LogP contribution in [0.1, 0.15) is 32.8 Å². The maximum atomic E-state index is 9.82. The van der Waals surface area contributed by atoms with Crippen molar-refractivity contribution in [2.45, 2.75) is 52.8 Å². The van der Waals surface area contributed by atoms with Crippen molar-refractivity contribution in [2.24, 2.45) is 11.3 Å². The zero-order valence-corrected chi connectivity index (χ0v) is 16.6. The van der Waals surface area contributed by atoms with Crippen LogP contribution < -0.4 is 0 Å². The average Bonchev–Trinajstić information content (AvgIpc) is 2.38. The quantitative estimate of drug-likeness (QED) is 0.718. The van der Waals surface area contributed by atoms with Gasteiger partial charge in [-0.25, -0.2) is 0 Å². The molecule has 0 bridgehead atoms. The summed E-state index contributed by atoms with van der Waals surface area (Å²) >= 11 is 3.46. The van der Waals surface area contributed by atoms with Crippen LogP contribution in [-0.2, 0) is 10.8 Å². The van der Waals surface area contributed by atoms with Gasteiger partial charge in [-0.05, 0) is 49.0 Å². The summed E-state index contributed by atoms with van der Waals surface area (Å²) in [5, 5.41) is 9.82. The molecule has 1 rings (SSSR count). The fraction of sp³-hybridized carbons (Fsp3) is 0.647. The van der Waals surface area contributed by atoms with Crippen molar-refractivity contribution in [3.63, 3.8) is 0 Å². The van der Waals surface area contributed by atoms with Crippen LogP contribution in [0.25, 0.3) is 0 Å². The van der Waals surface area contributed by atoms with E-state index in [1.165, 1.54) is 5.56 Å². The van der Waals surface area contributed by atoms with Crippen molar-refractivity contribution in [1.82, 2.24) is 0 Å². The monoisotopic (exact) mass is 372 g/mol. The van der Waals surface area contributed by atoms with Crippen LogP contribution in [0.15, 0.2) is 28.7 Å². The second-order valence-corrected chi connectivity index (χ2v) is 10.4. The molecule has 1 unspecified atom stereocenters. The number of rotatable bonds is 7. The number of benzene rings is 1. The van der Waals surface area contributed by atoms with Crippen molar-refractivity contribution in [3.8, 4) is 0 Å². The van der Waals surface area contributed by atoms with Gasteiger partial charge in [-0.2, -0.15) is 0 Å². The van der Waals surface area contributed by atoms with E-state index < -0.39 is 9.04 Å². The second-order valence-electron chi connectivity index (χ2n) is 7.08. The third-order valence-electron chi connectivity index (χ3n) is 3.65. The van der Waals surface area contributed by atoms with E-state index in [0.29, 0.717) is 0 Å². The predicted octanol–water partition coefficient (Wildman–Crippen LogP) is 4.40. The predicted molar refractivity (Wildman–Crippen MR) is 96.2 cm³/mol. The molecule has 0 spiro atoms. The van der Waals surface area contributed by atoms with Crippen LogP contribution >= 0.6 is 15.9 Å². The smallest absolute Gasteiger partial charge is 0.171 e. The minimum absolute atomic E-state index is 0.0599. The molecule has 2 atom stereocenters.